The first-order valence-corrected chi connectivity index (χ1v) is 6.66. The smallest absolute Gasteiger partial charge is 0.0686 e. The predicted molar refractivity (Wildman–Crippen MR) is 66.1 cm³/mol. The van der Waals surface area contributed by atoms with Crippen molar-refractivity contribution in [2.75, 3.05) is 6.61 Å². The Morgan fingerprint density at radius 1 is 1.13 bits per heavy atom. The van der Waals surface area contributed by atoms with Crippen LogP contribution in [0.1, 0.15) is 66.7 Å². The molecule has 0 aromatic rings. The molecule has 90 valence electrons. The van der Waals surface area contributed by atoms with Crippen LogP contribution in [0.3, 0.4) is 0 Å². The van der Waals surface area contributed by atoms with Gasteiger partial charge < -0.3 is 4.74 Å². The Bertz CT molecular complexity index is 184. The van der Waals surface area contributed by atoms with Crippen LogP contribution in [0.25, 0.3) is 0 Å². The van der Waals surface area contributed by atoms with Crippen molar-refractivity contribution in [1.82, 2.24) is 0 Å². The predicted octanol–water partition coefficient (Wildman–Crippen LogP) is 4.41. The summed E-state index contributed by atoms with van der Waals surface area (Å²) in [6.45, 7) is 12.1. The molecule has 1 aliphatic heterocycles. The van der Waals surface area contributed by atoms with E-state index in [0.29, 0.717) is 11.0 Å². The Balaban J connectivity index is 0.000000531. The summed E-state index contributed by atoms with van der Waals surface area (Å²) >= 11 is 0. The van der Waals surface area contributed by atoms with E-state index in [1.807, 2.05) is 13.8 Å². The molecule has 0 aromatic carbocycles. The minimum Gasteiger partial charge on any atom is -0.375 e. The van der Waals surface area contributed by atoms with E-state index in [1.54, 1.807) is 0 Å². The minimum absolute atomic E-state index is 0.317. The van der Waals surface area contributed by atoms with Gasteiger partial charge in [-0.25, -0.2) is 0 Å². The Kier molecular flexibility index (Phi) is 4.22. The monoisotopic (exact) mass is 212 g/mol. The average molecular weight is 212 g/mol. The van der Waals surface area contributed by atoms with Crippen LogP contribution in [0, 0.1) is 11.3 Å². The molecule has 0 bridgehead atoms. The lowest BCUT2D eigenvalue weighted by molar-refractivity contribution is 0.00239. The lowest BCUT2D eigenvalue weighted by Gasteiger charge is -2.29. The average Bonchev–Trinajstić information content (AvgIpc) is 2.80. The maximum Gasteiger partial charge on any atom is 0.0686 e. The normalized spacial score (nSPS) is 35.4. The Morgan fingerprint density at radius 3 is 2.20 bits per heavy atom. The van der Waals surface area contributed by atoms with Crippen molar-refractivity contribution in [1.29, 1.82) is 0 Å². The van der Waals surface area contributed by atoms with E-state index in [2.05, 4.69) is 20.8 Å². The van der Waals surface area contributed by atoms with Crippen molar-refractivity contribution < 1.29 is 4.74 Å². The van der Waals surface area contributed by atoms with Gasteiger partial charge in [-0.3, -0.25) is 0 Å². The summed E-state index contributed by atoms with van der Waals surface area (Å²) in [7, 11) is 0. The fourth-order valence-corrected chi connectivity index (χ4v) is 2.94. The van der Waals surface area contributed by atoms with Crippen LogP contribution >= 0.6 is 0 Å². The first-order valence-electron chi connectivity index (χ1n) is 6.66. The van der Waals surface area contributed by atoms with Crippen molar-refractivity contribution in [2.24, 2.45) is 11.3 Å². The standard InChI is InChI=1S/C12H22O.C2H6/c1-11(2,3)10-5-7-12(9-10)6-4-8-13-12;1-2/h10H,4-9H2,1-3H3;1-2H3. The molecule has 0 radical (unpaired) electrons. The summed E-state index contributed by atoms with van der Waals surface area (Å²) in [5.41, 5.74) is 0.799. The van der Waals surface area contributed by atoms with Gasteiger partial charge in [0.2, 0.25) is 0 Å². The second-order valence-corrected chi connectivity index (χ2v) is 5.94. The Labute approximate surface area is 95.6 Å². The summed E-state index contributed by atoms with van der Waals surface area (Å²) in [5, 5.41) is 0. The van der Waals surface area contributed by atoms with Gasteiger partial charge in [0, 0.05) is 6.61 Å². The third kappa shape index (κ3) is 2.96. The summed E-state index contributed by atoms with van der Waals surface area (Å²) in [5.74, 6) is 0.880. The Hall–Kier alpha value is -0.0400. The van der Waals surface area contributed by atoms with E-state index in [0.717, 1.165) is 12.5 Å². The SMILES string of the molecule is CC.CC(C)(C)C1CCC2(CCCO2)C1. The van der Waals surface area contributed by atoms with Gasteiger partial charge in [-0.15, -0.1) is 0 Å². The van der Waals surface area contributed by atoms with Gasteiger partial charge in [-0.05, 0) is 43.4 Å². The highest BCUT2D eigenvalue weighted by Gasteiger charge is 2.45. The highest BCUT2D eigenvalue weighted by molar-refractivity contribution is 4.96. The van der Waals surface area contributed by atoms with Gasteiger partial charge in [0.1, 0.15) is 0 Å². The van der Waals surface area contributed by atoms with Gasteiger partial charge >= 0.3 is 0 Å². The molecule has 2 unspecified atom stereocenters. The molecule has 2 atom stereocenters. The first-order chi connectivity index (χ1) is 7.02. The second kappa shape index (κ2) is 4.86. The van der Waals surface area contributed by atoms with Gasteiger partial charge in [0.25, 0.3) is 0 Å². The molecule has 1 heterocycles. The van der Waals surface area contributed by atoms with E-state index in [4.69, 9.17) is 4.74 Å². The topological polar surface area (TPSA) is 9.23 Å². The molecule has 2 rings (SSSR count). The van der Waals surface area contributed by atoms with Crippen molar-refractivity contribution in [3.8, 4) is 0 Å². The molecule has 1 saturated heterocycles. The maximum absolute atomic E-state index is 5.93. The van der Waals surface area contributed by atoms with E-state index in [-0.39, 0.29) is 0 Å². The summed E-state index contributed by atoms with van der Waals surface area (Å²) in [4.78, 5) is 0. The molecule has 0 amide bonds. The van der Waals surface area contributed by atoms with Crippen LogP contribution in [0.4, 0.5) is 0 Å². The zero-order valence-electron chi connectivity index (χ0n) is 11.2. The molecule has 0 aromatic heterocycles. The van der Waals surface area contributed by atoms with Crippen molar-refractivity contribution in [3.63, 3.8) is 0 Å². The zero-order valence-corrected chi connectivity index (χ0v) is 11.2. The van der Waals surface area contributed by atoms with Crippen LogP contribution in [0.2, 0.25) is 0 Å². The third-order valence-corrected chi connectivity index (χ3v) is 3.98. The molecular weight excluding hydrogens is 184 g/mol. The number of hydrogen-bond acceptors (Lipinski definition) is 1. The maximum atomic E-state index is 5.93. The summed E-state index contributed by atoms with van der Waals surface area (Å²) < 4.78 is 5.93. The van der Waals surface area contributed by atoms with E-state index in [1.165, 1.54) is 32.1 Å². The number of hydrogen-bond donors (Lipinski definition) is 0. The van der Waals surface area contributed by atoms with E-state index >= 15 is 0 Å². The molecule has 15 heavy (non-hydrogen) atoms. The van der Waals surface area contributed by atoms with E-state index in [9.17, 15) is 0 Å². The van der Waals surface area contributed by atoms with Crippen molar-refractivity contribution >= 4 is 0 Å². The van der Waals surface area contributed by atoms with Crippen molar-refractivity contribution in [2.45, 2.75) is 72.3 Å². The van der Waals surface area contributed by atoms with Crippen LogP contribution in [-0.2, 0) is 4.74 Å². The highest BCUT2D eigenvalue weighted by atomic mass is 16.5. The molecule has 2 aliphatic rings. The van der Waals surface area contributed by atoms with Crippen LogP contribution < -0.4 is 0 Å². The molecule has 1 nitrogen and oxygen atoms in total. The van der Waals surface area contributed by atoms with Gasteiger partial charge in [0.05, 0.1) is 5.60 Å². The fourth-order valence-electron chi connectivity index (χ4n) is 2.94. The third-order valence-electron chi connectivity index (χ3n) is 3.98. The Morgan fingerprint density at radius 2 is 1.80 bits per heavy atom. The molecule has 0 N–H and O–H groups in total. The fraction of sp³-hybridized carbons (Fsp3) is 1.00. The molecule has 2 fully saturated rings. The van der Waals surface area contributed by atoms with Gasteiger partial charge in [0.15, 0.2) is 0 Å². The molecular formula is C14H28O. The van der Waals surface area contributed by atoms with Crippen LogP contribution in [0.15, 0.2) is 0 Å². The highest BCUT2D eigenvalue weighted by Crippen LogP contribution is 2.49. The quantitative estimate of drug-likeness (QED) is 0.578. The number of ether oxygens (including phenoxy) is 1. The largest absolute Gasteiger partial charge is 0.375 e. The van der Waals surface area contributed by atoms with Crippen LogP contribution in [-0.4, -0.2) is 12.2 Å². The summed E-state index contributed by atoms with van der Waals surface area (Å²) in [6, 6.07) is 0. The van der Waals surface area contributed by atoms with Crippen LogP contribution in [0.5, 0.6) is 0 Å². The zero-order chi connectivity index (χ0) is 11.5. The minimum atomic E-state index is 0.317. The molecule has 1 aliphatic carbocycles. The summed E-state index contributed by atoms with van der Waals surface area (Å²) in [6.07, 6.45) is 6.62. The first kappa shape index (κ1) is 13.0. The molecule has 1 heteroatoms. The number of rotatable bonds is 0. The lowest BCUT2D eigenvalue weighted by atomic mass is 9.79. The van der Waals surface area contributed by atoms with E-state index < -0.39 is 0 Å². The van der Waals surface area contributed by atoms with Gasteiger partial charge in [-0.1, -0.05) is 34.6 Å². The molecule has 1 saturated carbocycles. The van der Waals surface area contributed by atoms with Crippen molar-refractivity contribution in [3.05, 3.63) is 0 Å². The molecule has 1 spiro atoms. The second-order valence-electron chi connectivity index (χ2n) is 5.94. The lowest BCUT2D eigenvalue weighted by Crippen LogP contribution is -2.26. The van der Waals surface area contributed by atoms with Gasteiger partial charge in [-0.2, -0.15) is 0 Å².